The third kappa shape index (κ3) is 2.95. The topological polar surface area (TPSA) is 46.5 Å². The zero-order valence-electron chi connectivity index (χ0n) is 9.37. The van der Waals surface area contributed by atoms with Gasteiger partial charge in [0.2, 0.25) is 0 Å². The molecule has 1 unspecified atom stereocenters. The van der Waals surface area contributed by atoms with Gasteiger partial charge in [-0.2, -0.15) is 0 Å². The maximum absolute atomic E-state index is 13.3. The number of rotatable bonds is 5. The zero-order valence-corrected chi connectivity index (χ0v) is 9.37. The van der Waals surface area contributed by atoms with Gasteiger partial charge in [0.15, 0.2) is 11.6 Å². The van der Waals surface area contributed by atoms with Gasteiger partial charge >= 0.3 is 5.97 Å². The Bertz CT molecular complexity index is 377. The van der Waals surface area contributed by atoms with Crippen LogP contribution in [0.5, 0.6) is 5.75 Å². The molecule has 1 aromatic rings. The van der Waals surface area contributed by atoms with Crippen molar-refractivity contribution in [3.05, 3.63) is 29.6 Å². The van der Waals surface area contributed by atoms with Crippen molar-refractivity contribution >= 4 is 5.97 Å². The first-order valence-electron chi connectivity index (χ1n) is 5.10. The molecule has 4 heteroatoms. The Hall–Kier alpha value is -1.58. The molecule has 1 aromatic carbocycles. The van der Waals surface area contributed by atoms with Crippen LogP contribution in [0, 0.1) is 11.7 Å². The number of carbonyl (C=O) groups is 1. The van der Waals surface area contributed by atoms with Crippen molar-refractivity contribution in [3.63, 3.8) is 0 Å². The molecule has 1 N–H and O–H groups in total. The van der Waals surface area contributed by atoms with Gasteiger partial charge in [-0.15, -0.1) is 0 Å². The van der Waals surface area contributed by atoms with Crippen LogP contribution in [0.4, 0.5) is 4.39 Å². The summed E-state index contributed by atoms with van der Waals surface area (Å²) in [6.07, 6.45) is 0.962. The first-order chi connectivity index (χ1) is 7.56. The first kappa shape index (κ1) is 12.5. The number of aliphatic carboxylic acids is 1. The van der Waals surface area contributed by atoms with Gasteiger partial charge < -0.3 is 9.84 Å². The summed E-state index contributed by atoms with van der Waals surface area (Å²) in [4.78, 5) is 10.6. The van der Waals surface area contributed by atoms with Crippen LogP contribution in [0.2, 0.25) is 0 Å². The zero-order chi connectivity index (χ0) is 12.1. The van der Waals surface area contributed by atoms with Gasteiger partial charge in [0.25, 0.3) is 0 Å². The van der Waals surface area contributed by atoms with Crippen molar-refractivity contribution in [2.75, 3.05) is 7.11 Å². The second kappa shape index (κ2) is 5.49. The molecule has 0 aliphatic rings. The lowest BCUT2D eigenvalue weighted by molar-refractivity contribution is -0.141. The molecule has 0 fully saturated rings. The fourth-order valence-corrected chi connectivity index (χ4v) is 1.47. The average molecular weight is 226 g/mol. The number of aryl methyl sites for hydroxylation is 1. The van der Waals surface area contributed by atoms with Crippen LogP contribution >= 0.6 is 0 Å². The first-order valence-corrected chi connectivity index (χ1v) is 5.10. The Kier molecular flexibility index (Phi) is 4.28. The third-order valence-corrected chi connectivity index (χ3v) is 2.52. The highest BCUT2D eigenvalue weighted by atomic mass is 19.1. The standard InChI is InChI=1S/C12H15FO3/c1-8(12(14)15)6-7-9-4-3-5-10(13)11(9)16-2/h3-5,8H,6-7H2,1-2H3,(H,14,15). The van der Waals surface area contributed by atoms with Gasteiger partial charge in [0, 0.05) is 0 Å². The lowest BCUT2D eigenvalue weighted by Gasteiger charge is -2.10. The SMILES string of the molecule is COc1c(F)cccc1CCC(C)C(=O)O. The predicted molar refractivity (Wildman–Crippen MR) is 58.1 cm³/mol. The normalized spacial score (nSPS) is 12.2. The van der Waals surface area contributed by atoms with Crippen LogP contribution < -0.4 is 4.74 Å². The number of halogens is 1. The predicted octanol–water partition coefficient (Wildman–Crippen LogP) is 2.49. The minimum absolute atomic E-state index is 0.208. The Morgan fingerprint density at radius 1 is 1.56 bits per heavy atom. The van der Waals surface area contributed by atoms with Gasteiger partial charge in [-0.1, -0.05) is 19.1 Å². The van der Waals surface area contributed by atoms with Gasteiger partial charge in [-0.25, -0.2) is 4.39 Å². The minimum atomic E-state index is -0.838. The van der Waals surface area contributed by atoms with E-state index in [1.165, 1.54) is 13.2 Å². The quantitative estimate of drug-likeness (QED) is 0.839. The van der Waals surface area contributed by atoms with Crippen LogP contribution in [0.25, 0.3) is 0 Å². The molecule has 1 atom stereocenters. The minimum Gasteiger partial charge on any atom is -0.493 e. The second-order valence-corrected chi connectivity index (χ2v) is 3.71. The van der Waals surface area contributed by atoms with Crippen molar-refractivity contribution in [3.8, 4) is 5.75 Å². The molecule has 3 nitrogen and oxygen atoms in total. The Labute approximate surface area is 93.9 Å². The number of carboxylic acid groups (broad SMARTS) is 1. The summed E-state index contributed by atoms with van der Waals surface area (Å²) in [5.74, 6) is -1.48. The average Bonchev–Trinajstić information content (AvgIpc) is 2.25. The number of benzene rings is 1. The molecule has 0 saturated carbocycles. The van der Waals surface area contributed by atoms with Crippen molar-refractivity contribution in [1.29, 1.82) is 0 Å². The molecule has 0 bridgehead atoms. The van der Waals surface area contributed by atoms with E-state index in [9.17, 15) is 9.18 Å². The summed E-state index contributed by atoms with van der Waals surface area (Å²) in [5, 5.41) is 8.74. The fourth-order valence-electron chi connectivity index (χ4n) is 1.47. The van der Waals surface area contributed by atoms with Crippen molar-refractivity contribution in [2.45, 2.75) is 19.8 Å². The summed E-state index contributed by atoms with van der Waals surface area (Å²) in [7, 11) is 1.41. The van der Waals surface area contributed by atoms with Crippen molar-refractivity contribution in [2.24, 2.45) is 5.92 Å². The molecule has 16 heavy (non-hydrogen) atoms. The van der Waals surface area contributed by atoms with E-state index in [4.69, 9.17) is 9.84 Å². The van der Waals surface area contributed by atoms with E-state index < -0.39 is 17.7 Å². The van der Waals surface area contributed by atoms with Gasteiger partial charge in [-0.05, 0) is 24.5 Å². The van der Waals surface area contributed by atoms with Crippen LogP contribution in [0.1, 0.15) is 18.9 Å². The molecule has 0 radical (unpaired) electrons. The summed E-state index contributed by atoms with van der Waals surface area (Å²) < 4.78 is 18.2. The molecule has 0 aliphatic heterocycles. The van der Waals surface area contributed by atoms with Crippen LogP contribution in [-0.4, -0.2) is 18.2 Å². The maximum Gasteiger partial charge on any atom is 0.306 e. The Morgan fingerprint density at radius 2 is 2.25 bits per heavy atom. The number of para-hydroxylation sites is 1. The van der Waals surface area contributed by atoms with Gasteiger partial charge in [0.05, 0.1) is 13.0 Å². The summed E-state index contributed by atoms with van der Waals surface area (Å²) in [6, 6.07) is 4.66. The summed E-state index contributed by atoms with van der Waals surface area (Å²) in [6.45, 7) is 1.63. The fraction of sp³-hybridized carbons (Fsp3) is 0.417. The van der Waals surface area contributed by atoms with Crippen molar-refractivity contribution < 1.29 is 19.0 Å². The van der Waals surface area contributed by atoms with Gasteiger partial charge in [-0.3, -0.25) is 4.79 Å². The monoisotopic (exact) mass is 226 g/mol. The molecular weight excluding hydrogens is 211 g/mol. The number of hydrogen-bond donors (Lipinski definition) is 1. The second-order valence-electron chi connectivity index (χ2n) is 3.71. The maximum atomic E-state index is 13.3. The highest BCUT2D eigenvalue weighted by Crippen LogP contribution is 2.24. The molecule has 0 aromatic heterocycles. The number of methoxy groups -OCH3 is 1. The molecule has 0 spiro atoms. The van der Waals surface area contributed by atoms with Crippen LogP contribution in [0.3, 0.4) is 0 Å². The van der Waals surface area contributed by atoms with E-state index in [1.807, 2.05) is 0 Å². The highest BCUT2D eigenvalue weighted by molar-refractivity contribution is 5.69. The summed E-state index contributed by atoms with van der Waals surface area (Å²) >= 11 is 0. The van der Waals surface area contributed by atoms with Crippen molar-refractivity contribution in [1.82, 2.24) is 0 Å². The van der Waals surface area contributed by atoms with E-state index in [1.54, 1.807) is 19.1 Å². The largest absolute Gasteiger partial charge is 0.493 e. The number of carboxylic acids is 1. The van der Waals surface area contributed by atoms with E-state index in [0.29, 0.717) is 18.4 Å². The Morgan fingerprint density at radius 3 is 2.81 bits per heavy atom. The van der Waals surface area contributed by atoms with E-state index in [-0.39, 0.29) is 5.75 Å². The third-order valence-electron chi connectivity index (χ3n) is 2.52. The van der Waals surface area contributed by atoms with Crippen LogP contribution in [-0.2, 0) is 11.2 Å². The highest BCUT2D eigenvalue weighted by Gasteiger charge is 2.13. The lowest BCUT2D eigenvalue weighted by Crippen LogP contribution is -2.10. The summed E-state index contributed by atoms with van der Waals surface area (Å²) in [5.41, 5.74) is 0.704. The van der Waals surface area contributed by atoms with E-state index in [2.05, 4.69) is 0 Å². The molecule has 0 saturated heterocycles. The Balaban J connectivity index is 2.74. The molecule has 0 amide bonds. The lowest BCUT2D eigenvalue weighted by atomic mass is 10.0. The molecular formula is C12H15FO3. The number of hydrogen-bond acceptors (Lipinski definition) is 2. The van der Waals surface area contributed by atoms with Crippen LogP contribution in [0.15, 0.2) is 18.2 Å². The van der Waals surface area contributed by atoms with E-state index >= 15 is 0 Å². The molecule has 1 rings (SSSR count). The molecule has 0 aliphatic carbocycles. The van der Waals surface area contributed by atoms with Gasteiger partial charge in [0.1, 0.15) is 0 Å². The smallest absolute Gasteiger partial charge is 0.306 e. The molecule has 88 valence electrons. The van der Waals surface area contributed by atoms with E-state index in [0.717, 1.165) is 0 Å². The molecule has 0 heterocycles. The number of ether oxygens (including phenoxy) is 1.